The van der Waals surface area contributed by atoms with Gasteiger partial charge < -0.3 is 9.47 Å². The second kappa shape index (κ2) is 7.76. The molecule has 1 saturated carbocycles. The van der Waals surface area contributed by atoms with Crippen molar-refractivity contribution in [2.45, 2.75) is 57.2 Å². The standard InChI is InChI=1S/C23H32N4/c1-2-5-19(6-3-1)7-4-12-25-14-20-8-9-22(16-25)26(15-20)17-23-13-24-18-27(23)21-10-11-21/h1-3,5-6,13,18,20-22H,4,7-12,14-17H2/t20-,22+/m1/s1. The fourth-order valence-corrected chi connectivity index (χ4v) is 5.15. The number of hydrogen-bond donors (Lipinski definition) is 0. The van der Waals surface area contributed by atoms with Gasteiger partial charge in [0, 0.05) is 44.5 Å². The van der Waals surface area contributed by atoms with Gasteiger partial charge in [-0.2, -0.15) is 0 Å². The minimum Gasteiger partial charge on any atom is -0.330 e. The highest BCUT2D eigenvalue weighted by molar-refractivity contribution is 5.14. The number of aryl methyl sites for hydroxylation is 1. The largest absolute Gasteiger partial charge is 0.330 e. The van der Waals surface area contributed by atoms with E-state index in [9.17, 15) is 0 Å². The van der Waals surface area contributed by atoms with E-state index in [1.54, 1.807) is 0 Å². The molecule has 0 amide bonds. The maximum Gasteiger partial charge on any atom is 0.0951 e. The monoisotopic (exact) mass is 364 g/mol. The highest BCUT2D eigenvalue weighted by Gasteiger charge is 2.35. The summed E-state index contributed by atoms with van der Waals surface area (Å²) < 4.78 is 2.44. The first-order valence-electron chi connectivity index (χ1n) is 10.9. The first kappa shape index (κ1) is 17.4. The van der Waals surface area contributed by atoms with E-state index in [1.165, 1.54) is 76.0 Å². The summed E-state index contributed by atoms with van der Waals surface area (Å²) in [6.45, 7) is 6.16. The van der Waals surface area contributed by atoms with Crippen molar-refractivity contribution in [3.8, 4) is 0 Å². The van der Waals surface area contributed by atoms with Crippen LogP contribution in [0.5, 0.6) is 0 Å². The van der Waals surface area contributed by atoms with Gasteiger partial charge in [0.2, 0.25) is 0 Å². The summed E-state index contributed by atoms with van der Waals surface area (Å²) in [5.41, 5.74) is 2.91. The zero-order valence-electron chi connectivity index (χ0n) is 16.3. The van der Waals surface area contributed by atoms with Crippen LogP contribution >= 0.6 is 0 Å². The van der Waals surface area contributed by atoms with Gasteiger partial charge in [0.15, 0.2) is 0 Å². The molecule has 4 fully saturated rings. The van der Waals surface area contributed by atoms with E-state index >= 15 is 0 Å². The van der Waals surface area contributed by atoms with Crippen molar-refractivity contribution in [3.63, 3.8) is 0 Å². The molecule has 27 heavy (non-hydrogen) atoms. The van der Waals surface area contributed by atoms with Crippen LogP contribution in [0.15, 0.2) is 42.9 Å². The maximum atomic E-state index is 4.44. The number of rotatable bonds is 7. The van der Waals surface area contributed by atoms with Crippen molar-refractivity contribution in [1.29, 1.82) is 0 Å². The Kier molecular flexibility index (Phi) is 5.02. The van der Waals surface area contributed by atoms with Crippen molar-refractivity contribution in [3.05, 3.63) is 54.1 Å². The lowest BCUT2D eigenvalue weighted by Crippen LogP contribution is -2.43. The summed E-state index contributed by atoms with van der Waals surface area (Å²) in [6.07, 6.45) is 12.1. The normalized spacial score (nSPS) is 26.4. The predicted octanol–water partition coefficient (Wildman–Crippen LogP) is 3.75. The van der Waals surface area contributed by atoms with Gasteiger partial charge in [0.1, 0.15) is 0 Å². The topological polar surface area (TPSA) is 24.3 Å². The van der Waals surface area contributed by atoms with Crippen LogP contribution in [-0.4, -0.2) is 51.6 Å². The van der Waals surface area contributed by atoms with Crippen molar-refractivity contribution in [2.24, 2.45) is 5.92 Å². The van der Waals surface area contributed by atoms with Gasteiger partial charge in [-0.05, 0) is 56.6 Å². The van der Waals surface area contributed by atoms with Gasteiger partial charge in [0.25, 0.3) is 0 Å². The van der Waals surface area contributed by atoms with E-state index in [2.05, 4.69) is 62.2 Å². The predicted molar refractivity (Wildman–Crippen MR) is 109 cm³/mol. The van der Waals surface area contributed by atoms with Gasteiger partial charge in [0.05, 0.1) is 12.0 Å². The van der Waals surface area contributed by atoms with Crippen LogP contribution in [0.3, 0.4) is 0 Å². The van der Waals surface area contributed by atoms with E-state index in [4.69, 9.17) is 0 Å². The molecule has 2 atom stereocenters. The molecule has 1 aromatic heterocycles. The summed E-state index contributed by atoms with van der Waals surface area (Å²) >= 11 is 0. The highest BCUT2D eigenvalue weighted by atomic mass is 15.3. The summed E-state index contributed by atoms with van der Waals surface area (Å²) in [5, 5.41) is 0. The molecule has 4 heterocycles. The molecule has 0 spiro atoms. The highest BCUT2D eigenvalue weighted by Crippen LogP contribution is 2.36. The molecule has 0 radical (unpaired) electrons. The van der Waals surface area contributed by atoms with Crippen LogP contribution in [0.2, 0.25) is 0 Å². The minimum atomic E-state index is 0.725. The fourth-order valence-electron chi connectivity index (χ4n) is 5.15. The molecule has 144 valence electrons. The molecule has 1 aliphatic carbocycles. The van der Waals surface area contributed by atoms with E-state index < -0.39 is 0 Å². The van der Waals surface area contributed by atoms with Crippen molar-refractivity contribution in [2.75, 3.05) is 26.2 Å². The summed E-state index contributed by atoms with van der Waals surface area (Å²) in [7, 11) is 0. The van der Waals surface area contributed by atoms with Gasteiger partial charge in [-0.1, -0.05) is 30.3 Å². The number of hydrogen-bond acceptors (Lipinski definition) is 3. The average Bonchev–Trinajstić information content (AvgIpc) is 3.48. The SMILES string of the molecule is c1ccc(CCCN2C[C@H]3CC[C@@H](C2)N(Cc2cncn2C2CC2)C3)cc1. The Hall–Kier alpha value is -1.65. The van der Waals surface area contributed by atoms with Gasteiger partial charge in [-0.15, -0.1) is 0 Å². The Bertz CT molecular complexity index is 736. The Morgan fingerprint density at radius 1 is 0.926 bits per heavy atom. The minimum absolute atomic E-state index is 0.725. The molecule has 6 rings (SSSR count). The molecule has 4 nitrogen and oxygen atoms in total. The van der Waals surface area contributed by atoms with E-state index in [-0.39, 0.29) is 0 Å². The molecule has 0 N–H and O–H groups in total. The second-order valence-corrected chi connectivity index (χ2v) is 8.90. The smallest absolute Gasteiger partial charge is 0.0951 e. The maximum absolute atomic E-state index is 4.44. The van der Waals surface area contributed by atoms with Crippen LogP contribution in [0.1, 0.15) is 49.4 Å². The quantitative estimate of drug-likeness (QED) is 0.748. The fraction of sp³-hybridized carbons (Fsp3) is 0.609. The molecule has 3 aliphatic heterocycles. The zero-order valence-corrected chi connectivity index (χ0v) is 16.3. The van der Waals surface area contributed by atoms with Crippen molar-refractivity contribution >= 4 is 0 Å². The van der Waals surface area contributed by atoms with E-state index in [0.717, 1.165) is 24.5 Å². The van der Waals surface area contributed by atoms with Crippen molar-refractivity contribution in [1.82, 2.24) is 19.4 Å². The molecular weight excluding hydrogens is 332 g/mol. The molecule has 1 aromatic carbocycles. The Morgan fingerprint density at radius 2 is 1.78 bits per heavy atom. The van der Waals surface area contributed by atoms with Gasteiger partial charge >= 0.3 is 0 Å². The molecule has 4 heteroatoms. The Morgan fingerprint density at radius 3 is 2.63 bits per heavy atom. The number of imidazole rings is 1. The number of fused-ring (bicyclic) bond motifs is 4. The Labute approximate surface area is 163 Å². The van der Waals surface area contributed by atoms with E-state index in [1.807, 2.05) is 0 Å². The second-order valence-electron chi connectivity index (χ2n) is 8.90. The first-order chi connectivity index (χ1) is 13.3. The van der Waals surface area contributed by atoms with Gasteiger partial charge in [-0.25, -0.2) is 4.98 Å². The summed E-state index contributed by atoms with van der Waals surface area (Å²) in [5.74, 6) is 0.845. The molecule has 2 aromatic rings. The third-order valence-corrected chi connectivity index (χ3v) is 6.74. The van der Waals surface area contributed by atoms with Crippen LogP contribution in [-0.2, 0) is 13.0 Å². The lowest BCUT2D eigenvalue weighted by atomic mass is 9.95. The molecule has 0 unspecified atom stereocenters. The van der Waals surface area contributed by atoms with Crippen molar-refractivity contribution < 1.29 is 0 Å². The number of piperidine rings is 1. The molecule has 4 aliphatic rings. The number of nitrogens with zero attached hydrogens (tertiary/aromatic N) is 4. The zero-order chi connectivity index (χ0) is 18.1. The summed E-state index contributed by atoms with van der Waals surface area (Å²) in [6, 6.07) is 12.4. The molecular formula is C23H32N4. The third-order valence-electron chi connectivity index (χ3n) is 6.74. The van der Waals surface area contributed by atoms with Crippen LogP contribution < -0.4 is 0 Å². The average molecular weight is 365 g/mol. The van der Waals surface area contributed by atoms with Crippen LogP contribution in [0.25, 0.3) is 0 Å². The van der Waals surface area contributed by atoms with Gasteiger partial charge in [-0.3, -0.25) is 4.90 Å². The molecule has 3 saturated heterocycles. The first-order valence-corrected chi connectivity index (χ1v) is 10.9. The van der Waals surface area contributed by atoms with Crippen LogP contribution in [0, 0.1) is 5.92 Å². The lowest BCUT2D eigenvalue weighted by molar-refractivity contribution is 0.120. The Balaban J connectivity index is 1.18. The van der Waals surface area contributed by atoms with E-state index in [0.29, 0.717) is 0 Å². The number of aromatic nitrogens is 2. The number of benzene rings is 1. The third kappa shape index (κ3) is 4.12. The summed E-state index contributed by atoms with van der Waals surface area (Å²) in [4.78, 5) is 9.96. The molecule has 2 bridgehead atoms. The van der Waals surface area contributed by atoms with Crippen LogP contribution in [0.4, 0.5) is 0 Å². The lowest BCUT2D eigenvalue weighted by Gasteiger charge is -2.36.